The van der Waals surface area contributed by atoms with Gasteiger partial charge in [0, 0.05) is 33.8 Å². The summed E-state index contributed by atoms with van der Waals surface area (Å²) in [7, 11) is 3.98. The van der Waals surface area contributed by atoms with E-state index < -0.39 is 11.9 Å². The highest BCUT2D eigenvalue weighted by Crippen LogP contribution is 2.31. The Morgan fingerprint density at radius 1 is 1.15 bits per heavy atom. The molecule has 180 valence electrons. The van der Waals surface area contributed by atoms with E-state index in [0.717, 1.165) is 36.7 Å². The molecule has 2 aromatic carbocycles. The molecule has 4 rings (SSSR count). The van der Waals surface area contributed by atoms with Crippen LogP contribution in [0.3, 0.4) is 0 Å². The average Bonchev–Trinajstić information content (AvgIpc) is 3.29. The highest BCUT2D eigenvalue weighted by molar-refractivity contribution is 7.22. The third-order valence-corrected chi connectivity index (χ3v) is 6.78. The van der Waals surface area contributed by atoms with Crippen molar-refractivity contribution in [2.45, 2.75) is 18.6 Å². The van der Waals surface area contributed by atoms with Crippen molar-refractivity contribution in [3.63, 3.8) is 0 Å². The highest BCUT2D eigenvalue weighted by Gasteiger charge is 2.32. The molecule has 34 heavy (non-hydrogen) atoms. The number of piperidine rings is 1. The molecule has 2 N–H and O–H groups in total. The summed E-state index contributed by atoms with van der Waals surface area (Å²) in [4.78, 5) is 27.8. The predicted molar refractivity (Wildman–Crippen MR) is 134 cm³/mol. The molecule has 0 amide bonds. The van der Waals surface area contributed by atoms with E-state index in [1.165, 1.54) is 10.3 Å². The summed E-state index contributed by atoms with van der Waals surface area (Å²) in [5.41, 5.74) is 2.32. The Bertz CT molecular complexity index is 1070. The fourth-order valence-corrected chi connectivity index (χ4v) is 4.85. The number of nitrogens with zero attached hydrogens (tertiary/aromatic N) is 3. The highest BCUT2D eigenvalue weighted by atomic mass is 32.1. The van der Waals surface area contributed by atoms with E-state index >= 15 is 0 Å². The van der Waals surface area contributed by atoms with Crippen LogP contribution in [0.2, 0.25) is 0 Å². The summed E-state index contributed by atoms with van der Waals surface area (Å²) < 4.78 is 7.12. The van der Waals surface area contributed by atoms with Crippen molar-refractivity contribution in [2.24, 2.45) is 0 Å². The van der Waals surface area contributed by atoms with E-state index in [2.05, 4.69) is 71.5 Å². The predicted octanol–water partition coefficient (Wildman–Crippen LogP) is 3.69. The number of para-hydroxylation sites is 1. The number of likely N-dealkylation sites (tertiary alicyclic amines) is 1. The van der Waals surface area contributed by atoms with Gasteiger partial charge in [-0.15, -0.1) is 0 Å². The van der Waals surface area contributed by atoms with Gasteiger partial charge in [-0.25, -0.2) is 14.6 Å². The summed E-state index contributed by atoms with van der Waals surface area (Å²) in [6, 6.07) is 19.1. The van der Waals surface area contributed by atoms with Gasteiger partial charge in [-0.3, -0.25) is 4.90 Å². The van der Waals surface area contributed by atoms with Gasteiger partial charge in [-0.1, -0.05) is 66.0 Å². The van der Waals surface area contributed by atoms with Crippen molar-refractivity contribution in [3.8, 4) is 0 Å². The lowest BCUT2D eigenvalue weighted by molar-refractivity contribution is -0.159. The number of carboxylic acid groups (broad SMARTS) is 2. The van der Waals surface area contributed by atoms with E-state index in [4.69, 9.17) is 29.5 Å². The van der Waals surface area contributed by atoms with Crippen molar-refractivity contribution in [3.05, 3.63) is 66.2 Å². The van der Waals surface area contributed by atoms with Gasteiger partial charge >= 0.3 is 11.9 Å². The molecule has 8 nitrogen and oxygen atoms in total. The third-order valence-electron chi connectivity index (χ3n) is 5.65. The number of hydrogen-bond acceptors (Lipinski definition) is 7. The Labute approximate surface area is 202 Å². The number of aromatic nitrogens is 1. The Morgan fingerprint density at radius 3 is 2.47 bits per heavy atom. The number of carboxylic acids is 2. The average molecular weight is 484 g/mol. The first-order valence-corrected chi connectivity index (χ1v) is 11.7. The van der Waals surface area contributed by atoms with Gasteiger partial charge in [0.15, 0.2) is 5.13 Å². The fourth-order valence-electron chi connectivity index (χ4n) is 3.86. The monoisotopic (exact) mass is 483 g/mol. The molecule has 1 aliphatic rings. The maximum atomic E-state index is 9.10. The summed E-state index contributed by atoms with van der Waals surface area (Å²) in [6.45, 7) is 2.96. The lowest BCUT2D eigenvalue weighted by Crippen LogP contribution is -2.54. The molecule has 2 atom stereocenters. The molecular formula is C25H29N3O5S. The van der Waals surface area contributed by atoms with Crippen LogP contribution < -0.4 is 4.90 Å². The number of carbonyl (C=O) groups is 2. The van der Waals surface area contributed by atoms with Crippen LogP contribution in [-0.2, 0) is 14.3 Å². The third kappa shape index (κ3) is 6.86. The van der Waals surface area contributed by atoms with Gasteiger partial charge in [-0.05, 0) is 24.1 Å². The van der Waals surface area contributed by atoms with Crippen LogP contribution in [0.15, 0.2) is 60.7 Å². The number of anilines is 1. The number of benzene rings is 2. The number of thiazole rings is 1. The van der Waals surface area contributed by atoms with Crippen LogP contribution in [0.4, 0.5) is 5.13 Å². The van der Waals surface area contributed by atoms with Crippen LogP contribution >= 0.6 is 11.3 Å². The van der Waals surface area contributed by atoms with E-state index in [-0.39, 0.29) is 6.10 Å². The number of rotatable bonds is 6. The molecule has 2 heterocycles. The fraction of sp³-hybridized carbons (Fsp3) is 0.320. The number of aliphatic carboxylic acids is 2. The zero-order valence-corrected chi connectivity index (χ0v) is 20.0. The number of fused-ring (bicyclic) bond motifs is 1. The quantitative estimate of drug-likeness (QED) is 0.512. The van der Waals surface area contributed by atoms with E-state index in [9.17, 15) is 0 Å². The van der Waals surface area contributed by atoms with Crippen LogP contribution in [0, 0.1) is 0 Å². The Hall–Kier alpha value is -3.27. The topological polar surface area (TPSA) is 103 Å². The second-order valence-corrected chi connectivity index (χ2v) is 8.90. The molecule has 0 radical (unpaired) electrons. The lowest BCUT2D eigenvalue weighted by Gasteiger charge is -2.41. The molecule has 0 saturated carbocycles. The molecule has 1 aromatic heterocycles. The number of likely N-dealkylation sites (N-methyl/N-ethyl adjacent to an activating group) is 1. The van der Waals surface area contributed by atoms with Crippen LogP contribution in [-0.4, -0.2) is 78.0 Å². The molecule has 1 saturated heterocycles. The van der Waals surface area contributed by atoms with Crippen molar-refractivity contribution in [1.29, 1.82) is 0 Å². The molecule has 1 fully saturated rings. The zero-order chi connectivity index (χ0) is 24.5. The maximum absolute atomic E-state index is 9.10. The van der Waals surface area contributed by atoms with Gasteiger partial charge in [-0.2, -0.15) is 0 Å². The van der Waals surface area contributed by atoms with Crippen molar-refractivity contribution >= 4 is 44.7 Å². The minimum Gasteiger partial charge on any atom is -0.473 e. The Balaban J connectivity index is 0.000000481. The van der Waals surface area contributed by atoms with Gasteiger partial charge in [0.1, 0.15) is 0 Å². The SMILES string of the molecule is CO[C@H]1CN(CC=Cc2ccccc2)CC[C@H]1N(C)c1nc2ccccc2s1.O=C(O)C(=O)O. The first-order chi connectivity index (χ1) is 16.4. The van der Waals surface area contributed by atoms with Crippen LogP contribution in [0.5, 0.6) is 0 Å². The van der Waals surface area contributed by atoms with Crippen molar-refractivity contribution in [2.75, 3.05) is 38.7 Å². The normalized spacial score (nSPS) is 18.4. The van der Waals surface area contributed by atoms with Crippen molar-refractivity contribution in [1.82, 2.24) is 9.88 Å². The maximum Gasteiger partial charge on any atom is 0.414 e. The molecular weight excluding hydrogens is 454 g/mol. The van der Waals surface area contributed by atoms with Gasteiger partial charge < -0.3 is 19.8 Å². The zero-order valence-electron chi connectivity index (χ0n) is 19.2. The van der Waals surface area contributed by atoms with Crippen LogP contribution in [0.1, 0.15) is 12.0 Å². The smallest absolute Gasteiger partial charge is 0.414 e. The lowest BCUT2D eigenvalue weighted by atomic mass is 10.0. The largest absolute Gasteiger partial charge is 0.473 e. The number of methoxy groups -OCH3 is 1. The number of ether oxygens (including phenoxy) is 1. The molecule has 0 unspecified atom stereocenters. The second-order valence-electron chi connectivity index (χ2n) is 7.89. The van der Waals surface area contributed by atoms with Crippen LogP contribution in [0.25, 0.3) is 16.3 Å². The van der Waals surface area contributed by atoms with Crippen molar-refractivity contribution < 1.29 is 24.5 Å². The van der Waals surface area contributed by atoms with Gasteiger partial charge in [0.2, 0.25) is 0 Å². The summed E-state index contributed by atoms with van der Waals surface area (Å²) in [5, 5.41) is 15.9. The molecule has 0 aliphatic carbocycles. The minimum atomic E-state index is -1.82. The second kappa shape index (κ2) is 12.3. The number of hydrogen-bond donors (Lipinski definition) is 2. The Morgan fingerprint density at radius 2 is 1.82 bits per heavy atom. The molecule has 0 spiro atoms. The molecule has 3 aromatic rings. The standard InChI is InChI=1S/C23H27N3OS.C2H2O4/c1-25(23-24-19-12-6-7-13-22(19)28-23)20-14-16-26(17-21(20)27-2)15-8-11-18-9-4-3-5-10-18;3-1(4)2(5)6/h3-13,20-21H,14-17H2,1-2H3;(H,3,4)(H,5,6)/t20-,21+;/m1./s1. The molecule has 1 aliphatic heterocycles. The molecule has 0 bridgehead atoms. The summed E-state index contributed by atoms with van der Waals surface area (Å²) >= 11 is 1.76. The van der Waals surface area contributed by atoms with E-state index in [0.29, 0.717) is 6.04 Å². The first kappa shape index (κ1) is 25.4. The Kier molecular flexibility index (Phi) is 9.15. The molecule has 9 heteroatoms. The van der Waals surface area contributed by atoms with E-state index in [1.54, 1.807) is 11.3 Å². The minimum absolute atomic E-state index is 0.177. The summed E-state index contributed by atoms with van der Waals surface area (Å²) in [5.74, 6) is -3.65. The van der Waals surface area contributed by atoms with Gasteiger partial charge in [0.05, 0.1) is 22.4 Å². The van der Waals surface area contributed by atoms with Gasteiger partial charge in [0.25, 0.3) is 0 Å². The summed E-state index contributed by atoms with van der Waals surface area (Å²) in [6.07, 6.45) is 5.70. The van der Waals surface area contributed by atoms with E-state index in [1.807, 2.05) is 19.2 Å². The first-order valence-electron chi connectivity index (χ1n) is 10.9.